The minimum absolute atomic E-state index is 0.0660. The van der Waals surface area contributed by atoms with E-state index in [1.807, 2.05) is 13.8 Å². The number of hydrogen-bond acceptors (Lipinski definition) is 2. The Balaban J connectivity index is 3.26. The van der Waals surface area contributed by atoms with Gasteiger partial charge in [-0.3, -0.25) is 0 Å². The monoisotopic (exact) mass is 229 g/mol. The molecule has 2 N–H and O–H groups in total. The van der Waals surface area contributed by atoms with Gasteiger partial charge in [0.05, 0.1) is 12.7 Å². The highest BCUT2D eigenvalue weighted by molar-refractivity contribution is 5.47. The summed E-state index contributed by atoms with van der Waals surface area (Å²) in [6.07, 6.45) is -1.99. The van der Waals surface area contributed by atoms with E-state index in [0.29, 0.717) is 6.42 Å². The molecular formula is C12H17F2NO. The molecule has 0 saturated heterocycles. The summed E-state index contributed by atoms with van der Waals surface area (Å²) in [5.74, 6) is 0.271. The van der Waals surface area contributed by atoms with Crippen molar-refractivity contribution in [3.63, 3.8) is 0 Å². The lowest BCUT2D eigenvalue weighted by atomic mass is 9.98. The highest BCUT2D eigenvalue weighted by Crippen LogP contribution is 2.34. The van der Waals surface area contributed by atoms with Crippen LogP contribution in [0.25, 0.3) is 0 Å². The highest BCUT2D eigenvalue weighted by atomic mass is 19.3. The zero-order valence-electron chi connectivity index (χ0n) is 9.76. The summed E-state index contributed by atoms with van der Waals surface area (Å²) in [7, 11) is 1.41. The SMILES string of the molecule is COc1c(C(F)F)ccc(C)c1CC(C)N. The maximum atomic E-state index is 12.8. The quantitative estimate of drug-likeness (QED) is 0.861. The van der Waals surface area contributed by atoms with Crippen LogP contribution in [-0.4, -0.2) is 13.2 Å². The lowest BCUT2D eigenvalue weighted by Gasteiger charge is -2.17. The number of rotatable bonds is 4. The van der Waals surface area contributed by atoms with Crippen LogP contribution in [0.2, 0.25) is 0 Å². The first-order valence-electron chi connectivity index (χ1n) is 5.17. The molecule has 1 atom stereocenters. The van der Waals surface area contributed by atoms with Crippen LogP contribution in [0.4, 0.5) is 8.78 Å². The van der Waals surface area contributed by atoms with E-state index in [-0.39, 0.29) is 17.4 Å². The van der Waals surface area contributed by atoms with Crippen LogP contribution in [0.3, 0.4) is 0 Å². The fraction of sp³-hybridized carbons (Fsp3) is 0.500. The van der Waals surface area contributed by atoms with E-state index in [0.717, 1.165) is 11.1 Å². The number of ether oxygens (including phenoxy) is 1. The number of methoxy groups -OCH3 is 1. The summed E-state index contributed by atoms with van der Waals surface area (Å²) in [5.41, 5.74) is 7.34. The highest BCUT2D eigenvalue weighted by Gasteiger charge is 2.19. The number of benzene rings is 1. The van der Waals surface area contributed by atoms with Gasteiger partial charge >= 0.3 is 0 Å². The van der Waals surface area contributed by atoms with E-state index in [9.17, 15) is 8.78 Å². The molecule has 16 heavy (non-hydrogen) atoms. The van der Waals surface area contributed by atoms with Gasteiger partial charge in [-0.05, 0) is 37.5 Å². The van der Waals surface area contributed by atoms with Crippen molar-refractivity contribution in [2.45, 2.75) is 32.7 Å². The molecule has 0 aliphatic heterocycles. The van der Waals surface area contributed by atoms with Crippen LogP contribution >= 0.6 is 0 Å². The van der Waals surface area contributed by atoms with E-state index < -0.39 is 6.43 Å². The Morgan fingerprint density at radius 3 is 2.44 bits per heavy atom. The van der Waals surface area contributed by atoms with Gasteiger partial charge in [0.2, 0.25) is 0 Å². The van der Waals surface area contributed by atoms with Gasteiger partial charge < -0.3 is 10.5 Å². The second-order valence-corrected chi connectivity index (χ2v) is 3.97. The number of aryl methyl sites for hydroxylation is 1. The van der Waals surface area contributed by atoms with Crippen molar-refractivity contribution >= 4 is 0 Å². The van der Waals surface area contributed by atoms with E-state index in [1.165, 1.54) is 13.2 Å². The predicted molar refractivity (Wildman–Crippen MR) is 60.0 cm³/mol. The maximum Gasteiger partial charge on any atom is 0.267 e. The Bertz CT molecular complexity index is 364. The Labute approximate surface area is 94.4 Å². The van der Waals surface area contributed by atoms with Crippen LogP contribution in [0.5, 0.6) is 5.75 Å². The Morgan fingerprint density at radius 1 is 1.38 bits per heavy atom. The van der Waals surface area contributed by atoms with Gasteiger partial charge in [-0.2, -0.15) is 0 Å². The fourth-order valence-electron chi connectivity index (χ4n) is 1.73. The number of nitrogens with two attached hydrogens (primary N) is 1. The molecule has 90 valence electrons. The van der Waals surface area contributed by atoms with Crippen molar-refractivity contribution in [2.75, 3.05) is 7.11 Å². The van der Waals surface area contributed by atoms with Crippen molar-refractivity contribution in [2.24, 2.45) is 5.73 Å². The Hall–Kier alpha value is -1.16. The van der Waals surface area contributed by atoms with Crippen LogP contribution < -0.4 is 10.5 Å². The van der Waals surface area contributed by atoms with Gasteiger partial charge in [0.25, 0.3) is 6.43 Å². The van der Waals surface area contributed by atoms with E-state index >= 15 is 0 Å². The van der Waals surface area contributed by atoms with Crippen molar-refractivity contribution in [3.8, 4) is 5.75 Å². The van der Waals surface area contributed by atoms with Crippen molar-refractivity contribution in [1.29, 1.82) is 0 Å². The average Bonchev–Trinajstić information content (AvgIpc) is 2.19. The number of hydrogen-bond donors (Lipinski definition) is 1. The molecule has 0 aliphatic carbocycles. The molecule has 0 spiro atoms. The number of halogens is 2. The van der Waals surface area contributed by atoms with E-state index in [4.69, 9.17) is 10.5 Å². The molecule has 1 unspecified atom stereocenters. The zero-order valence-corrected chi connectivity index (χ0v) is 9.76. The second kappa shape index (κ2) is 5.25. The zero-order chi connectivity index (χ0) is 12.3. The van der Waals surface area contributed by atoms with Crippen molar-refractivity contribution in [1.82, 2.24) is 0 Å². The minimum atomic E-state index is -2.53. The first-order valence-corrected chi connectivity index (χ1v) is 5.17. The molecule has 0 aliphatic rings. The largest absolute Gasteiger partial charge is 0.496 e. The summed E-state index contributed by atoms with van der Waals surface area (Å²) in [4.78, 5) is 0. The van der Waals surface area contributed by atoms with Gasteiger partial charge in [-0.15, -0.1) is 0 Å². The van der Waals surface area contributed by atoms with Crippen LogP contribution in [-0.2, 0) is 6.42 Å². The number of alkyl halides is 2. The third-order valence-corrected chi connectivity index (χ3v) is 2.49. The molecule has 1 rings (SSSR count). The summed E-state index contributed by atoms with van der Waals surface area (Å²) < 4.78 is 30.6. The predicted octanol–water partition coefficient (Wildman–Crippen LogP) is 2.83. The summed E-state index contributed by atoms with van der Waals surface area (Å²) >= 11 is 0. The maximum absolute atomic E-state index is 12.8. The lowest BCUT2D eigenvalue weighted by molar-refractivity contribution is 0.147. The summed E-state index contributed by atoms with van der Waals surface area (Å²) in [5, 5.41) is 0. The van der Waals surface area contributed by atoms with Crippen LogP contribution in [0.15, 0.2) is 12.1 Å². The van der Waals surface area contributed by atoms with Gasteiger partial charge in [0.1, 0.15) is 5.75 Å². The van der Waals surface area contributed by atoms with Crippen molar-refractivity contribution in [3.05, 3.63) is 28.8 Å². The third kappa shape index (κ3) is 2.70. The summed E-state index contributed by atoms with van der Waals surface area (Å²) in [6, 6.07) is 3.01. The summed E-state index contributed by atoms with van der Waals surface area (Å²) in [6.45, 7) is 3.71. The molecule has 0 radical (unpaired) electrons. The van der Waals surface area contributed by atoms with E-state index in [2.05, 4.69) is 0 Å². The normalized spacial score (nSPS) is 12.9. The lowest BCUT2D eigenvalue weighted by Crippen LogP contribution is -2.19. The molecule has 0 saturated carbocycles. The molecule has 0 heterocycles. The minimum Gasteiger partial charge on any atom is -0.496 e. The van der Waals surface area contributed by atoms with E-state index in [1.54, 1.807) is 6.07 Å². The third-order valence-electron chi connectivity index (χ3n) is 2.49. The molecule has 4 heteroatoms. The molecule has 0 fully saturated rings. The smallest absolute Gasteiger partial charge is 0.267 e. The Morgan fingerprint density at radius 2 is 2.00 bits per heavy atom. The first kappa shape index (κ1) is 12.9. The standard InChI is InChI=1S/C12H17F2NO/c1-7-4-5-9(12(13)14)11(16-3)10(7)6-8(2)15/h4-5,8,12H,6,15H2,1-3H3. The first-order chi connectivity index (χ1) is 7.47. The topological polar surface area (TPSA) is 35.2 Å². The molecule has 0 aromatic heterocycles. The van der Waals surface area contributed by atoms with Gasteiger partial charge in [-0.25, -0.2) is 8.78 Å². The molecule has 1 aromatic carbocycles. The van der Waals surface area contributed by atoms with Crippen LogP contribution in [0, 0.1) is 6.92 Å². The van der Waals surface area contributed by atoms with Gasteiger partial charge in [0.15, 0.2) is 0 Å². The fourth-order valence-corrected chi connectivity index (χ4v) is 1.73. The molecule has 0 bridgehead atoms. The average molecular weight is 229 g/mol. The van der Waals surface area contributed by atoms with Crippen molar-refractivity contribution < 1.29 is 13.5 Å². The van der Waals surface area contributed by atoms with Gasteiger partial charge in [-0.1, -0.05) is 6.07 Å². The molecular weight excluding hydrogens is 212 g/mol. The molecule has 0 amide bonds. The Kier molecular flexibility index (Phi) is 4.24. The molecule has 2 nitrogen and oxygen atoms in total. The van der Waals surface area contributed by atoms with Crippen LogP contribution in [0.1, 0.15) is 30.0 Å². The second-order valence-electron chi connectivity index (χ2n) is 3.97. The molecule has 1 aromatic rings. The van der Waals surface area contributed by atoms with Gasteiger partial charge in [0, 0.05) is 6.04 Å².